The van der Waals surface area contributed by atoms with Crippen LogP contribution in [0.4, 0.5) is 34.9 Å². The van der Waals surface area contributed by atoms with Gasteiger partial charge < -0.3 is 12.9 Å². The Labute approximate surface area is 152 Å². The van der Waals surface area contributed by atoms with Crippen LogP contribution in [-0.2, 0) is 10.9 Å². The van der Waals surface area contributed by atoms with E-state index in [-0.39, 0.29) is 16.7 Å². The van der Waals surface area contributed by atoms with Gasteiger partial charge in [0.05, 0.1) is 12.5 Å². The number of carbonyl (C=O) groups excluding carboxylic acids is 1. The van der Waals surface area contributed by atoms with E-state index in [4.69, 9.17) is 0 Å². The van der Waals surface area contributed by atoms with Gasteiger partial charge in [0.1, 0.15) is 11.6 Å². The van der Waals surface area contributed by atoms with Crippen molar-refractivity contribution in [3.05, 3.63) is 65.0 Å². The Morgan fingerprint density at radius 1 is 0.815 bits per heavy atom. The van der Waals surface area contributed by atoms with Crippen molar-refractivity contribution in [3.63, 3.8) is 0 Å². The molecular weight excluding hydrogens is 403 g/mol. The van der Waals surface area contributed by atoms with Gasteiger partial charge in [-0.05, 0) is 16.4 Å². The lowest BCUT2D eigenvalue weighted by molar-refractivity contribution is 0.102. The number of hydrogen-bond donors (Lipinski definition) is 0. The number of Topliss-reactive ketones (excluding diaryl/α,β-unsaturated/α-hetero) is 1. The number of ketones is 1. The quantitative estimate of drug-likeness (QED) is 0.183. The van der Waals surface area contributed by atoms with Gasteiger partial charge in [-0.2, -0.15) is 0 Å². The van der Waals surface area contributed by atoms with E-state index >= 15 is 0 Å². The van der Waals surface area contributed by atoms with Crippen molar-refractivity contribution in [2.45, 2.75) is 0 Å². The molecule has 11 heteroatoms. The Balaban J connectivity index is 0.000000277. The summed E-state index contributed by atoms with van der Waals surface area (Å²) in [5.41, 5.74) is -1.90. The van der Waals surface area contributed by atoms with Gasteiger partial charge in [0.2, 0.25) is 5.78 Å². The third-order valence-corrected chi connectivity index (χ3v) is 3.93. The predicted octanol–water partition coefficient (Wildman–Crippen LogP) is 4.18. The first-order valence-electron chi connectivity index (χ1n) is 7.21. The van der Waals surface area contributed by atoms with Gasteiger partial charge in [0.25, 0.3) is 0 Å². The third kappa shape index (κ3) is 5.98. The summed E-state index contributed by atoms with van der Waals surface area (Å²) in [5.74, 6) is -12.6. The maximum atomic E-state index is 12.5. The molecule has 0 radical (unpaired) electrons. The minimum atomic E-state index is -6.30. The molecule has 0 fully saturated rings. The van der Waals surface area contributed by atoms with E-state index in [2.05, 4.69) is 12.5 Å². The van der Waals surface area contributed by atoms with Crippen molar-refractivity contribution in [1.82, 2.24) is 0 Å². The van der Waals surface area contributed by atoms with E-state index in [0.29, 0.717) is 5.75 Å². The monoisotopic (exact) mass is 416 g/mol. The second-order valence-corrected chi connectivity index (χ2v) is 7.74. The molecule has 0 aromatic heterocycles. The zero-order valence-corrected chi connectivity index (χ0v) is 14.8. The van der Waals surface area contributed by atoms with Crippen LogP contribution in [-0.4, -0.2) is 31.0 Å². The van der Waals surface area contributed by atoms with E-state index in [1.165, 1.54) is 0 Å². The second kappa shape index (κ2) is 9.25. The van der Waals surface area contributed by atoms with E-state index in [1.54, 1.807) is 0 Å². The minimum Gasteiger partial charge on any atom is -0.445 e. The normalized spacial score (nSPS) is 11.2. The number of halogens is 8. The molecule has 0 N–H and O–H groups in total. The molecule has 0 spiro atoms. The van der Waals surface area contributed by atoms with Crippen LogP contribution in [0, 0.1) is 29.1 Å². The summed E-state index contributed by atoms with van der Waals surface area (Å²) in [7, 11) is 0.204. The Morgan fingerprint density at radius 3 is 1.59 bits per heavy atom. The highest BCUT2D eigenvalue weighted by Gasteiger charge is 2.37. The van der Waals surface area contributed by atoms with Gasteiger partial charge in [0.15, 0.2) is 23.2 Å². The first-order valence-corrected chi connectivity index (χ1v) is 9.42. The summed E-state index contributed by atoms with van der Waals surface area (Å²) in [6.45, 7) is -6.30. The Morgan fingerprint density at radius 2 is 1.22 bits per heavy atom. The van der Waals surface area contributed by atoms with Crippen LogP contribution in [0.3, 0.4) is 0 Å². The molecule has 27 heavy (non-hydrogen) atoms. The summed E-state index contributed by atoms with van der Waals surface area (Å²) in [6, 6.07) is 9.46. The highest BCUT2D eigenvalue weighted by atomic mass is 32.2. The molecule has 0 aliphatic rings. The highest BCUT2D eigenvalue weighted by Crippen LogP contribution is 2.21. The Kier molecular flexibility index (Phi) is 7.88. The molecule has 0 aliphatic heterocycles. The van der Waals surface area contributed by atoms with Gasteiger partial charge in [-0.1, -0.05) is 30.3 Å². The summed E-state index contributed by atoms with van der Waals surface area (Å²) < 4.78 is 97.6. The van der Waals surface area contributed by atoms with Crippen molar-refractivity contribution in [2.75, 3.05) is 18.3 Å². The van der Waals surface area contributed by atoms with Crippen LogP contribution >= 0.6 is 0 Å². The minimum absolute atomic E-state index is 0.204. The van der Waals surface area contributed by atoms with E-state index in [9.17, 15) is 39.7 Å². The van der Waals surface area contributed by atoms with Crippen LogP contribution in [0.2, 0.25) is 0 Å². The van der Waals surface area contributed by atoms with E-state index < -0.39 is 41.5 Å². The summed E-state index contributed by atoms with van der Waals surface area (Å²) >= 11 is 0. The topological polar surface area (TPSA) is 17.1 Å². The first kappa shape index (κ1) is 23.0. The van der Waals surface area contributed by atoms with E-state index in [1.807, 2.05) is 30.3 Å². The summed E-state index contributed by atoms with van der Waals surface area (Å²) in [4.78, 5) is 11.5. The van der Waals surface area contributed by atoms with Gasteiger partial charge >= 0.3 is 6.98 Å². The molecule has 1 nitrogen and oxygen atoms in total. The third-order valence-electron chi connectivity index (χ3n) is 3.09. The number of benzene rings is 2. The first-order chi connectivity index (χ1) is 12.4. The van der Waals surface area contributed by atoms with Gasteiger partial charge in [0, 0.05) is 5.56 Å². The molecule has 0 heterocycles. The number of rotatable bonds is 4. The lowest BCUT2D eigenvalue weighted by Crippen LogP contribution is -2.41. The summed E-state index contributed by atoms with van der Waals surface area (Å²) in [6.07, 6.45) is 4.17. The van der Waals surface area contributed by atoms with Gasteiger partial charge in [-0.25, -0.2) is 22.0 Å². The molecule has 148 valence electrons. The second-order valence-electron chi connectivity index (χ2n) is 5.48. The van der Waals surface area contributed by atoms with Crippen molar-refractivity contribution >= 4 is 29.1 Å². The van der Waals surface area contributed by atoms with Crippen molar-refractivity contribution < 1.29 is 39.7 Å². The Hall–Kier alpha value is -2.04. The molecule has 0 unspecified atom stereocenters. The predicted molar refractivity (Wildman–Crippen MR) is 89.8 cm³/mol. The average Bonchev–Trinajstić information content (AvgIpc) is 2.58. The fraction of sp³-hybridized carbons (Fsp3) is 0.188. The maximum absolute atomic E-state index is 12.5. The van der Waals surface area contributed by atoms with E-state index in [0.717, 1.165) is 5.56 Å². The molecule has 0 saturated heterocycles. The smallest absolute Gasteiger partial charge is 0.445 e. The van der Waals surface area contributed by atoms with Crippen LogP contribution in [0.5, 0.6) is 0 Å². The molecule has 0 amide bonds. The lowest BCUT2D eigenvalue weighted by atomic mass is 9.79. The summed E-state index contributed by atoms with van der Waals surface area (Å²) in [5, 5.41) is 0. The zero-order valence-electron chi connectivity index (χ0n) is 14.0. The fourth-order valence-corrected chi connectivity index (χ4v) is 2.57. The number of carbonyl (C=O) groups is 1. The fourth-order valence-electron chi connectivity index (χ4n) is 1.88. The molecule has 2 aromatic rings. The maximum Gasteiger partial charge on any atom is 0.515 e. The van der Waals surface area contributed by atoms with Crippen LogP contribution in [0.25, 0.3) is 0 Å². The number of hydrogen-bond acceptors (Lipinski definition) is 1. The SMILES string of the molecule is C[S+](C)CC(=O)c1ccccc1.Fc1c(F)c(F)c([B-](F)(F)F)c(F)c1F. The molecule has 0 bridgehead atoms. The lowest BCUT2D eigenvalue weighted by Gasteiger charge is -2.17. The molecule has 0 saturated carbocycles. The van der Waals surface area contributed by atoms with Crippen molar-refractivity contribution in [2.24, 2.45) is 0 Å². The van der Waals surface area contributed by atoms with Crippen LogP contribution in [0.15, 0.2) is 30.3 Å². The molecule has 0 atom stereocenters. The van der Waals surface area contributed by atoms with Gasteiger partial charge in [-0.3, -0.25) is 4.79 Å². The molecule has 2 rings (SSSR count). The highest BCUT2D eigenvalue weighted by molar-refractivity contribution is 7.96. The Bertz CT molecular complexity index is 779. The van der Waals surface area contributed by atoms with Crippen LogP contribution in [0.1, 0.15) is 10.4 Å². The average molecular weight is 416 g/mol. The largest absolute Gasteiger partial charge is 0.515 e. The molecule has 0 aliphatic carbocycles. The van der Waals surface area contributed by atoms with Crippen LogP contribution < -0.4 is 5.46 Å². The molecular formula is C16H13BF8OS. The van der Waals surface area contributed by atoms with Crippen molar-refractivity contribution in [1.29, 1.82) is 0 Å². The van der Waals surface area contributed by atoms with Gasteiger partial charge in [-0.15, -0.1) is 0 Å². The van der Waals surface area contributed by atoms with Crippen molar-refractivity contribution in [3.8, 4) is 0 Å². The zero-order chi connectivity index (χ0) is 20.9. The standard InChI is InChI=1S/C10H13OS.C6BF8/c1-12(2)8-10(11)9-6-4-3-5-7-9;8-2-1(7(13,14)15)3(9)5(11)6(12)4(2)10/h3-7H,8H2,1-2H3;/q+1;-1. The molecule has 2 aromatic carbocycles.